The summed E-state index contributed by atoms with van der Waals surface area (Å²) in [5.41, 5.74) is 2.92. The Morgan fingerprint density at radius 2 is 1.87 bits per heavy atom. The Labute approximate surface area is 178 Å². The number of fused-ring (bicyclic) bond motifs is 2. The lowest BCUT2D eigenvalue weighted by Gasteiger charge is -2.20. The largest absolute Gasteiger partial charge is 0.454 e. The summed E-state index contributed by atoms with van der Waals surface area (Å²) < 4.78 is 16.3. The Balaban J connectivity index is 1.12. The van der Waals surface area contributed by atoms with Crippen molar-refractivity contribution >= 4 is 17.0 Å². The standard InChI is InChI=1S/C22H22N6O3/c1-2-5-17-16(4-1)23-22(24-17)28-9-3-8-27(10-11-28)13-20-25-21(26-31-20)15-6-7-18-19(12-15)30-14-29-18/h1-2,4-7,12H,3,8-11,13-14H2,(H,23,24). The zero-order chi connectivity index (χ0) is 20.6. The number of nitrogens with one attached hydrogen (secondary N) is 1. The van der Waals surface area contributed by atoms with Crippen molar-refractivity contribution in [3.8, 4) is 22.9 Å². The zero-order valence-corrected chi connectivity index (χ0v) is 17.0. The van der Waals surface area contributed by atoms with E-state index in [1.54, 1.807) is 0 Å². The zero-order valence-electron chi connectivity index (χ0n) is 17.0. The number of benzene rings is 2. The van der Waals surface area contributed by atoms with Gasteiger partial charge in [-0.1, -0.05) is 17.3 Å². The molecule has 2 aliphatic rings. The van der Waals surface area contributed by atoms with Crippen LogP contribution in [0.25, 0.3) is 22.4 Å². The van der Waals surface area contributed by atoms with Crippen LogP contribution in [0.4, 0.5) is 5.95 Å². The van der Waals surface area contributed by atoms with Crippen molar-refractivity contribution in [3.63, 3.8) is 0 Å². The summed E-state index contributed by atoms with van der Waals surface area (Å²) in [6.45, 7) is 4.60. The normalized spacial score (nSPS) is 16.7. The first-order valence-corrected chi connectivity index (χ1v) is 10.5. The Kier molecular flexibility index (Phi) is 4.45. The van der Waals surface area contributed by atoms with Gasteiger partial charge in [0.15, 0.2) is 11.5 Å². The molecule has 1 fully saturated rings. The molecule has 0 atom stereocenters. The van der Waals surface area contributed by atoms with Crippen molar-refractivity contribution in [1.29, 1.82) is 0 Å². The number of rotatable bonds is 4. The molecule has 9 heteroatoms. The second kappa shape index (κ2) is 7.59. The van der Waals surface area contributed by atoms with Gasteiger partial charge in [0.25, 0.3) is 0 Å². The molecule has 1 saturated heterocycles. The summed E-state index contributed by atoms with van der Waals surface area (Å²) in [6.07, 6.45) is 1.04. The van der Waals surface area contributed by atoms with Crippen LogP contribution in [-0.4, -0.2) is 58.0 Å². The minimum Gasteiger partial charge on any atom is -0.454 e. The fourth-order valence-corrected chi connectivity index (χ4v) is 4.09. The van der Waals surface area contributed by atoms with Crippen molar-refractivity contribution in [2.45, 2.75) is 13.0 Å². The van der Waals surface area contributed by atoms with Gasteiger partial charge in [-0.05, 0) is 36.8 Å². The van der Waals surface area contributed by atoms with Crippen LogP contribution in [0.1, 0.15) is 12.3 Å². The summed E-state index contributed by atoms with van der Waals surface area (Å²) in [5, 5.41) is 4.15. The number of imidazole rings is 1. The summed E-state index contributed by atoms with van der Waals surface area (Å²) in [5.74, 6) is 3.57. The number of aromatic nitrogens is 4. The first-order valence-electron chi connectivity index (χ1n) is 10.5. The Morgan fingerprint density at radius 1 is 0.935 bits per heavy atom. The smallest absolute Gasteiger partial charge is 0.241 e. The molecule has 2 aromatic heterocycles. The van der Waals surface area contributed by atoms with E-state index in [1.165, 1.54) is 0 Å². The number of nitrogens with zero attached hydrogens (tertiary/aromatic N) is 5. The topological polar surface area (TPSA) is 92.5 Å². The molecular formula is C22H22N6O3. The summed E-state index contributed by atoms with van der Waals surface area (Å²) in [7, 11) is 0. The minimum absolute atomic E-state index is 0.246. The number of hydrogen-bond donors (Lipinski definition) is 1. The maximum atomic E-state index is 5.53. The van der Waals surface area contributed by atoms with Crippen molar-refractivity contribution in [3.05, 3.63) is 48.4 Å². The van der Waals surface area contributed by atoms with Gasteiger partial charge in [-0.2, -0.15) is 4.98 Å². The molecule has 2 aromatic carbocycles. The van der Waals surface area contributed by atoms with Crippen molar-refractivity contribution in [2.24, 2.45) is 0 Å². The Morgan fingerprint density at radius 3 is 2.84 bits per heavy atom. The first kappa shape index (κ1) is 18.2. The van der Waals surface area contributed by atoms with E-state index in [2.05, 4.69) is 31.0 Å². The maximum absolute atomic E-state index is 5.53. The van der Waals surface area contributed by atoms with Crippen molar-refractivity contribution in [1.82, 2.24) is 25.0 Å². The number of para-hydroxylation sites is 2. The molecule has 31 heavy (non-hydrogen) atoms. The molecule has 0 saturated carbocycles. The van der Waals surface area contributed by atoms with Gasteiger partial charge in [-0.25, -0.2) is 4.98 Å². The SMILES string of the molecule is c1ccc2[nH]c(N3CCCN(Cc4nc(-c5ccc6c(c5)OCO6)no4)CC3)nc2c1. The van der Waals surface area contributed by atoms with Gasteiger partial charge in [0.05, 0.1) is 17.6 Å². The van der Waals surface area contributed by atoms with Gasteiger partial charge in [0.1, 0.15) is 0 Å². The van der Waals surface area contributed by atoms with Gasteiger partial charge < -0.3 is 23.9 Å². The Bertz CT molecular complexity index is 1190. The molecule has 0 spiro atoms. The predicted octanol–water partition coefficient (Wildman–Crippen LogP) is 3.05. The molecular weight excluding hydrogens is 396 g/mol. The lowest BCUT2D eigenvalue weighted by molar-refractivity contribution is 0.174. The van der Waals surface area contributed by atoms with Crippen LogP contribution in [0.3, 0.4) is 0 Å². The summed E-state index contributed by atoms with van der Waals surface area (Å²) >= 11 is 0. The fraction of sp³-hybridized carbons (Fsp3) is 0.318. The third kappa shape index (κ3) is 3.57. The summed E-state index contributed by atoms with van der Waals surface area (Å²) in [4.78, 5) is 17.4. The van der Waals surface area contributed by atoms with Gasteiger partial charge in [-0.3, -0.25) is 4.90 Å². The van der Waals surface area contributed by atoms with Gasteiger partial charge >= 0.3 is 0 Å². The molecule has 2 aliphatic heterocycles. The van der Waals surface area contributed by atoms with E-state index in [0.29, 0.717) is 24.0 Å². The Hall–Kier alpha value is -3.59. The molecule has 158 valence electrons. The lowest BCUT2D eigenvalue weighted by Crippen LogP contribution is -2.31. The lowest BCUT2D eigenvalue weighted by atomic mass is 10.2. The highest BCUT2D eigenvalue weighted by Crippen LogP contribution is 2.35. The molecule has 0 bridgehead atoms. The summed E-state index contributed by atoms with van der Waals surface area (Å²) in [6, 6.07) is 13.8. The molecule has 0 unspecified atom stereocenters. The van der Waals surface area contributed by atoms with Crippen molar-refractivity contribution in [2.75, 3.05) is 37.9 Å². The maximum Gasteiger partial charge on any atom is 0.241 e. The van der Waals surface area contributed by atoms with E-state index >= 15 is 0 Å². The fourth-order valence-electron chi connectivity index (χ4n) is 4.09. The monoisotopic (exact) mass is 418 g/mol. The minimum atomic E-state index is 0.246. The van der Waals surface area contributed by atoms with E-state index in [0.717, 1.165) is 60.9 Å². The highest BCUT2D eigenvalue weighted by molar-refractivity contribution is 5.77. The molecule has 6 rings (SSSR count). The molecule has 4 heterocycles. The third-order valence-corrected chi connectivity index (χ3v) is 5.72. The molecule has 9 nitrogen and oxygen atoms in total. The van der Waals surface area contributed by atoms with Crippen LogP contribution in [0.2, 0.25) is 0 Å². The number of aromatic amines is 1. The molecule has 4 aromatic rings. The second-order valence-corrected chi connectivity index (χ2v) is 7.77. The predicted molar refractivity (Wildman–Crippen MR) is 114 cm³/mol. The van der Waals surface area contributed by atoms with E-state index in [-0.39, 0.29) is 6.79 Å². The van der Waals surface area contributed by atoms with Crippen molar-refractivity contribution < 1.29 is 14.0 Å². The number of H-pyrrole nitrogens is 1. The first-order chi connectivity index (χ1) is 15.3. The number of ether oxygens (including phenoxy) is 2. The van der Waals surface area contributed by atoms with Crippen LogP contribution in [0.15, 0.2) is 47.0 Å². The second-order valence-electron chi connectivity index (χ2n) is 7.77. The highest BCUT2D eigenvalue weighted by atomic mass is 16.7. The molecule has 0 radical (unpaired) electrons. The van der Waals surface area contributed by atoms with Gasteiger partial charge in [0.2, 0.25) is 24.5 Å². The average Bonchev–Trinajstić information content (AvgIpc) is 3.50. The van der Waals surface area contributed by atoms with E-state index in [4.69, 9.17) is 19.0 Å². The van der Waals surface area contributed by atoms with E-state index < -0.39 is 0 Å². The van der Waals surface area contributed by atoms with Crippen LogP contribution in [0, 0.1) is 0 Å². The van der Waals surface area contributed by atoms with Crippen LogP contribution in [-0.2, 0) is 6.54 Å². The molecule has 0 amide bonds. The number of anilines is 1. The van der Waals surface area contributed by atoms with Crippen LogP contribution >= 0.6 is 0 Å². The van der Waals surface area contributed by atoms with Crippen LogP contribution < -0.4 is 14.4 Å². The molecule has 0 aliphatic carbocycles. The van der Waals surface area contributed by atoms with E-state index in [9.17, 15) is 0 Å². The van der Waals surface area contributed by atoms with E-state index in [1.807, 2.05) is 36.4 Å². The third-order valence-electron chi connectivity index (χ3n) is 5.72. The number of hydrogen-bond acceptors (Lipinski definition) is 8. The van der Waals surface area contributed by atoms with Gasteiger partial charge in [0, 0.05) is 31.7 Å². The molecule has 1 N–H and O–H groups in total. The van der Waals surface area contributed by atoms with Gasteiger partial charge in [-0.15, -0.1) is 0 Å². The van der Waals surface area contributed by atoms with Crippen LogP contribution in [0.5, 0.6) is 11.5 Å². The highest BCUT2D eigenvalue weighted by Gasteiger charge is 2.21. The average molecular weight is 418 g/mol. The quantitative estimate of drug-likeness (QED) is 0.541.